The lowest BCUT2D eigenvalue weighted by Crippen LogP contribution is -1.94. The van der Waals surface area contributed by atoms with Gasteiger partial charge in [-0.2, -0.15) is 0 Å². The van der Waals surface area contributed by atoms with Gasteiger partial charge in [-0.15, -0.1) is 0 Å². The van der Waals surface area contributed by atoms with Gasteiger partial charge in [-0.1, -0.05) is 0 Å². The molecule has 1 heterocycles. The molecule has 4 nitrogen and oxygen atoms in total. The average Bonchev–Trinajstić information content (AvgIpc) is 3.13. The number of benzene rings is 1. The van der Waals surface area contributed by atoms with E-state index in [9.17, 15) is 0 Å². The molecule has 0 amide bonds. The molecule has 1 saturated heterocycles. The van der Waals surface area contributed by atoms with E-state index in [1.54, 1.807) is 14.2 Å². The zero-order valence-corrected chi connectivity index (χ0v) is 9.47. The van der Waals surface area contributed by atoms with E-state index in [2.05, 4.69) is 4.99 Å². The summed E-state index contributed by atoms with van der Waals surface area (Å²) in [5, 5.41) is 0. The van der Waals surface area contributed by atoms with Crippen LogP contribution in [0.3, 0.4) is 0 Å². The van der Waals surface area contributed by atoms with Crippen molar-refractivity contribution in [3.63, 3.8) is 0 Å². The van der Waals surface area contributed by atoms with Gasteiger partial charge in [0.25, 0.3) is 0 Å². The van der Waals surface area contributed by atoms with Crippen LogP contribution in [-0.2, 0) is 4.74 Å². The van der Waals surface area contributed by atoms with Crippen LogP contribution in [0.15, 0.2) is 23.2 Å². The summed E-state index contributed by atoms with van der Waals surface area (Å²) in [6.07, 6.45) is 2.15. The average molecular weight is 221 g/mol. The summed E-state index contributed by atoms with van der Waals surface area (Å²) in [5.74, 6) is 1.44. The summed E-state index contributed by atoms with van der Waals surface area (Å²) < 4.78 is 15.4. The van der Waals surface area contributed by atoms with Crippen LogP contribution in [0.25, 0.3) is 0 Å². The van der Waals surface area contributed by atoms with Crippen LogP contribution in [0.1, 0.15) is 5.56 Å². The molecule has 1 aliphatic heterocycles. The van der Waals surface area contributed by atoms with Crippen molar-refractivity contribution in [2.45, 2.75) is 6.10 Å². The van der Waals surface area contributed by atoms with Crippen molar-refractivity contribution < 1.29 is 14.2 Å². The topological polar surface area (TPSA) is 43.3 Å². The minimum Gasteiger partial charge on any atom is -0.493 e. The number of ether oxygens (including phenoxy) is 3. The zero-order valence-electron chi connectivity index (χ0n) is 9.47. The molecule has 0 unspecified atom stereocenters. The monoisotopic (exact) mass is 221 g/mol. The Labute approximate surface area is 94.9 Å². The highest BCUT2D eigenvalue weighted by Crippen LogP contribution is 2.26. The Morgan fingerprint density at radius 1 is 1.38 bits per heavy atom. The summed E-state index contributed by atoms with van der Waals surface area (Å²) in [6, 6.07) is 5.71. The number of hydrogen-bond acceptors (Lipinski definition) is 4. The van der Waals surface area contributed by atoms with Crippen LogP contribution in [0.5, 0.6) is 11.5 Å². The molecule has 1 aliphatic rings. The fourth-order valence-electron chi connectivity index (χ4n) is 1.38. The second-order valence-electron chi connectivity index (χ2n) is 3.56. The smallest absolute Gasteiger partial charge is 0.161 e. The van der Waals surface area contributed by atoms with Crippen LogP contribution in [0.2, 0.25) is 0 Å². The first kappa shape index (κ1) is 11.0. The first-order valence-corrected chi connectivity index (χ1v) is 5.17. The van der Waals surface area contributed by atoms with Gasteiger partial charge < -0.3 is 14.2 Å². The Bertz CT molecular complexity index is 386. The molecule has 2 rings (SSSR count). The molecule has 1 fully saturated rings. The molecular formula is C12H15NO3. The first-order chi connectivity index (χ1) is 7.83. The Morgan fingerprint density at radius 2 is 2.12 bits per heavy atom. The Kier molecular flexibility index (Phi) is 3.41. The van der Waals surface area contributed by atoms with Gasteiger partial charge in [-0.3, -0.25) is 4.99 Å². The van der Waals surface area contributed by atoms with E-state index in [4.69, 9.17) is 14.2 Å². The quantitative estimate of drug-likeness (QED) is 0.559. The molecule has 1 aromatic rings. The SMILES string of the molecule is COc1ccc(C=NC[C@H]2CO2)cc1OC. The van der Waals surface area contributed by atoms with E-state index in [1.165, 1.54) is 0 Å². The first-order valence-electron chi connectivity index (χ1n) is 5.17. The van der Waals surface area contributed by atoms with Crippen molar-refractivity contribution in [3.05, 3.63) is 23.8 Å². The van der Waals surface area contributed by atoms with Gasteiger partial charge in [0.2, 0.25) is 0 Å². The van der Waals surface area contributed by atoms with Gasteiger partial charge in [0.15, 0.2) is 11.5 Å². The molecule has 0 radical (unpaired) electrons. The summed E-state index contributed by atoms with van der Waals surface area (Å²) >= 11 is 0. The summed E-state index contributed by atoms with van der Waals surface area (Å²) in [4.78, 5) is 4.29. The predicted octanol–water partition coefficient (Wildman–Crippen LogP) is 1.52. The molecule has 4 heteroatoms. The number of epoxide rings is 1. The molecule has 16 heavy (non-hydrogen) atoms. The van der Waals surface area contributed by atoms with Crippen molar-refractivity contribution in [3.8, 4) is 11.5 Å². The highest BCUT2D eigenvalue weighted by atomic mass is 16.6. The van der Waals surface area contributed by atoms with Crippen molar-refractivity contribution >= 4 is 6.21 Å². The maximum absolute atomic E-state index is 5.21. The van der Waals surface area contributed by atoms with Crippen molar-refractivity contribution in [2.24, 2.45) is 4.99 Å². The maximum Gasteiger partial charge on any atom is 0.161 e. The van der Waals surface area contributed by atoms with Gasteiger partial charge in [-0.05, 0) is 23.8 Å². The normalized spacial score (nSPS) is 18.8. The second kappa shape index (κ2) is 4.99. The third-order valence-corrected chi connectivity index (χ3v) is 2.36. The van der Waals surface area contributed by atoms with Crippen LogP contribution in [0, 0.1) is 0 Å². The zero-order chi connectivity index (χ0) is 11.4. The number of aliphatic imine (C=N–C) groups is 1. The van der Waals surface area contributed by atoms with Crippen LogP contribution < -0.4 is 9.47 Å². The van der Waals surface area contributed by atoms with Crippen LogP contribution in [0.4, 0.5) is 0 Å². The van der Waals surface area contributed by atoms with E-state index in [0.717, 1.165) is 24.5 Å². The van der Waals surface area contributed by atoms with E-state index in [0.29, 0.717) is 11.9 Å². The third-order valence-electron chi connectivity index (χ3n) is 2.36. The fraction of sp³-hybridized carbons (Fsp3) is 0.417. The van der Waals surface area contributed by atoms with Gasteiger partial charge in [0, 0.05) is 6.21 Å². The fourth-order valence-corrected chi connectivity index (χ4v) is 1.38. The van der Waals surface area contributed by atoms with E-state index in [-0.39, 0.29) is 0 Å². The minimum absolute atomic E-state index is 0.330. The number of rotatable bonds is 5. The molecule has 0 aromatic heterocycles. The number of methoxy groups -OCH3 is 2. The lowest BCUT2D eigenvalue weighted by molar-refractivity contribution is 0.355. The van der Waals surface area contributed by atoms with Crippen molar-refractivity contribution in [1.29, 1.82) is 0 Å². The molecule has 0 saturated carbocycles. The molecule has 0 aliphatic carbocycles. The standard InChI is InChI=1S/C12H15NO3/c1-14-11-4-3-9(5-12(11)15-2)6-13-7-10-8-16-10/h3-6,10H,7-8H2,1-2H3/t10-/m0/s1. The van der Waals surface area contributed by atoms with Crippen LogP contribution >= 0.6 is 0 Å². The Balaban J connectivity index is 2.05. The lowest BCUT2D eigenvalue weighted by Gasteiger charge is -2.07. The van der Waals surface area contributed by atoms with Gasteiger partial charge >= 0.3 is 0 Å². The summed E-state index contributed by atoms with van der Waals surface area (Å²) in [7, 11) is 3.24. The van der Waals surface area contributed by atoms with Gasteiger partial charge in [0.1, 0.15) is 6.10 Å². The second-order valence-corrected chi connectivity index (χ2v) is 3.56. The minimum atomic E-state index is 0.330. The summed E-state index contributed by atoms with van der Waals surface area (Å²) in [6.45, 7) is 1.57. The number of nitrogens with zero attached hydrogens (tertiary/aromatic N) is 1. The van der Waals surface area contributed by atoms with Crippen molar-refractivity contribution in [1.82, 2.24) is 0 Å². The summed E-state index contributed by atoms with van der Waals surface area (Å²) in [5.41, 5.74) is 0.998. The molecule has 0 bridgehead atoms. The molecule has 86 valence electrons. The number of hydrogen-bond donors (Lipinski definition) is 0. The van der Waals surface area contributed by atoms with Crippen LogP contribution in [-0.4, -0.2) is 39.7 Å². The molecule has 1 aromatic carbocycles. The van der Waals surface area contributed by atoms with Gasteiger partial charge in [0.05, 0.1) is 27.4 Å². The maximum atomic E-state index is 5.21. The predicted molar refractivity (Wildman–Crippen MR) is 61.7 cm³/mol. The van der Waals surface area contributed by atoms with E-state index in [1.807, 2.05) is 24.4 Å². The van der Waals surface area contributed by atoms with Gasteiger partial charge in [-0.25, -0.2) is 0 Å². The molecule has 0 spiro atoms. The Hall–Kier alpha value is -1.55. The highest BCUT2D eigenvalue weighted by Gasteiger charge is 2.20. The Morgan fingerprint density at radius 3 is 2.75 bits per heavy atom. The molecule has 1 atom stereocenters. The highest BCUT2D eigenvalue weighted by molar-refractivity contribution is 5.80. The lowest BCUT2D eigenvalue weighted by atomic mass is 10.2. The van der Waals surface area contributed by atoms with Crippen molar-refractivity contribution in [2.75, 3.05) is 27.4 Å². The van der Waals surface area contributed by atoms with E-state index < -0.39 is 0 Å². The molecule has 0 N–H and O–H groups in total. The molecular weight excluding hydrogens is 206 g/mol. The van der Waals surface area contributed by atoms with E-state index >= 15 is 0 Å². The largest absolute Gasteiger partial charge is 0.493 e. The third kappa shape index (κ3) is 2.73.